The van der Waals surface area contributed by atoms with Crippen molar-refractivity contribution >= 4 is 5.91 Å². The summed E-state index contributed by atoms with van der Waals surface area (Å²) in [6.45, 7) is 0.273. The molecule has 0 saturated carbocycles. The Balaban J connectivity index is 2.75. The third-order valence-electron chi connectivity index (χ3n) is 1.46. The molecule has 1 heterocycles. The van der Waals surface area contributed by atoms with Crippen molar-refractivity contribution < 1.29 is 4.79 Å². The molecule has 0 aliphatic carbocycles. The zero-order valence-corrected chi connectivity index (χ0v) is 7.27. The summed E-state index contributed by atoms with van der Waals surface area (Å²) in [5.74, 6) is 2.16. The quantitative estimate of drug-likeness (QED) is 0.602. The van der Waals surface area contributed by atoms with Gasteiger partial charge in [-0.3, -0.25) is 9.78 Å². The Hall–Kier alpha value is -1.89. The largest absolute Gasteiger partial charge is 0.329 e. The van der Waals surface area contributed by atoms with Crippen LogP contribution in [0.3, 0.4) is 0 Å². The molecule has 0 aliphatic rings. The van der Waals surface area contributed by atoms with E-state index in [-0.39, 0.29) is 12.5 Å². The van der Waals surface area contributed by atoms with Crippen molar-refractivity contribution in [1.82, 2.24) is 14.9 Å². The third kappa shape index (κ3) is 2.27. The minimum absolute atomic E-state index is 0.217. The second-order valence-corrected chi connectivity index (χ2v) is 2.46. The van der Waals surface area contributed by atoms with Crippen molar-refractivity contribution in [1.29, 1.82) is 0 Å². The number of hydrogen-bond donors (Lipinski definition) is 0. The minimum Gasteiger partial charge on any atom is -0.329 e. The molecule has 1 aromatic rings. The van der Waals surface area contributed by atoms with Crippen LogP contribution >= 0.6 is 0 Å². The molecule has 0 fully saturated rings. The van der Waals surface area contributed by atoms with E-state index in [0.717, 1.165) is 0 Å². The molecule has 0 aliphatic heterocycles. The first kappa shape index (κ1) is 9.20. The molecule has 0 N–H and O–H groups in total. The molecule has 4 heteroatoms. The standard InChI is InChI=1S/C9H9N3O/c1-3-6-12(2)9(13)8-7-10-4-5-11-8/h1,4-5,7H,6H2,2H3. The maximum atomic E-state index is 11.5. The van der Waals surface area contributed by atoms with E-state index in [9.17, 15) is 4.79 Å². The highest BCUT2D eigenvalue weighted by atomic mass is 16.2. The lowest BCUT2D eigenvalue weighted by molar-refractivity contribution is 0.0806. The van der Waals surface area contributed by atoms with Gasteiger partial charge in [0.25, 0.3) is 5.91 Å². The van der Waals surface area contributed by atoms with Gasteiger partial charge in [0.1, 0.15) is 5.69 Å². The molecule has 0 unspecified atom stereocenters. The fourth-order valence-electron chi connectivity index (χ4n) is 0.814. The van der Waals surface area contributed by atoms with Gasteiger partial charge in [-0.1, -0.05) is 5.92 Å². The normalized spacial score (nSPS) is 8.92. The van der Waals surface area contributed by atoms with E-state index >= 15 is 0 Å². The van der Waals surface area contributed by atoms with E-state index in [1.54, 1.807) is 7.05 Å². The van der Waals surface area contributed by atoms with Gasteiger partial charge in [0.15, 0.2) is 0 Å². The molecule has 0 spiro atoms. The lowest BCUT2D eigenvalue weighted by atomic mass is 10.4. The van der Waals surface area contributed by atoms with Crippen LogP contribution in [0.2, 0.25) is 0 Å². The van der Waals surface area contributed by atoms with Gasteiger partial charge in [-0.2, -0.15) is 0 Å². The van der Waals surface area contributed by atoms with E-state index in [1.807, 2.05) is 0 Å². The molecular weight excluding hydrogens is 166 g/mol. The number of nitrogens with zero attached hydrogens (tertiary/aromatic N) is 3. The molecule has 0 radical (unpaired) electrons. The molecule has 1 amide bonds. The SMILES string of the molecule is C#CCN(C)C(=O)c1cnccn1. The maximum absolute atomic E-state index is 11.5. The Morgan fingerprint density at radius 3 is 3.00 bits per heavy atom. The zero-order valence-electron chi connectivity index (χ0n) is 7.27. The van der Waals surface area contributed by atoms with Gasteiger partial charge in [0, 0.05) is 19.4 Å². The monoisotopic (exact) mass is 175 g/mol. The van der Waals surface area contributed by atoms with E-state index in [4.69, 9.17) is 6.42 Å². The van der Waals surface area contributed by atoms with Gasteiger partial charge in [-0.05, 0) is 0 Å². The number of amides is 1. The second-order valence-electron chi connectivity index (χ2n) is 2.46. The highest BCUT2D eigenvalue weighted by molar-refractivity contribution is 5.91. The highest BCUT2D eigenvalue weighted by Crippen LogP contribution is 1.95. The van der Waals surface area contributed by atoms with Crippen LogP contribution in [-0.2, 0) is 0 Å². The van der Waals surface area contributed by atoms with Crippen molar-refractivity contribution in [2.24, 2.45) is 0 Å². The fraction of sp³-hybridized carbons (Fsp3) is 0.222. The topological polar surface area (TPSA) is 46.1 Å². The number of hydrogen-bond acceptors (Lipinski definition) is 3. The summed E-state index contributed by atoms with van der Waals surface area (Å²) in [6.07, 6.45) is 9.46. The van der Waals surface area contributed by atoms with Gasteiger partial charge in [0.05, 0.1) is 12.7 Å². The Kier molecular flexibility index (Phi) is 2.98. The molecule has 1 aromatic heterocycles. The number of terminal acetylenes is 1. The molecule has 66 valence electrons. The van der Waals surface area contributed by atoms with Crippen LogP contribution in [0, 0.1) is 12.3 Å². The van der Waals surface area contributed by atoms with Crippen molar-refractivity contribution in [3.63, 3.8) is 0 Å². The second kappa shape index (κ2) is 4.21. The first-order chi connectivity index (χ1) is 6.25. The smallest absolute Gasteiger partial charge is 0.274 e. The predicted molar refractivity (Wildman–Crippen MR) is 47.8 cm³/mol. The summed E-state index contributed by atoms with van der Waals surface area (Å²) in [4.78, 5) is 20.5. The molecular formula is C9H9N3O. The van der Waals surface area contributed by atoms with Crippen LogP contribution < -0.4 is 0 Å². The predicted octanol–water partition coefficient (Wildman–Crippen LogP) is 0.182. The van der Waals surface area contributed by atoms with E-state index in [2.05, 4.69) is 15.9 Å². The summed E-state index contributed by atoms with van der Waals surface area (Å²) in [6, 6.07) is 0. The number of aromatic nitrogens is 2. The lowest BCUT2D eigenvalue weighted by Crippen LogP contribution is -2.27. The Morgan fingerprint density at radius 2 is 2.46 bits per heavy atom. The average molecular weight is 175 g/mol. The molecule has 0 aromatic carbocycles. The molecule has 0 saturated heterocycles. The molecule has 4 nitrogen and oxygen atoms in total. The number of carbonyl (C=O) groups is 1. The van der Waals surface area contributed by atoms with Crippen LogP contribution in [-0.4, -0.2) is 34.4 Å². The highest BCUT2D eigenvalue weighted by Gasteiger charge is 2.10. The zero-order chi connectivity index (χ0) is 9.68. The summed E-state index contributed by atoms with van der Waals surface area (Å²) >= 11 is 0. The summed E-state index contributed by atoms with van der Waals surface area (Å²) in [7, 11) is 1.62. The van der Waals surface area contributed by atoms with Crippen molar-refractivity contribution in [3.8, 4) is 12.3 Å². The van der Waals surface area contributed by atoms with Crippen LogP contribution in [0.4, 0.5) is 0 Å². The van der Waals surface area contributed by atoms with Gasteiger partial charge >= 0.3 is 0 Å². The summed E-state index contributed by atoms with van der Waals surface area (Å²) in [5, 5.41) is 0. The van der Waals surface area contributed by atoms with Crippen molar-refractivity contribution in [3.05, 3.63) is 24.3 Å². The number of carbonyl (C=O) groups excluding carboxylic acids is 1. The van der Waals surface area contributed by atoms with Crippen LogP contribution in [0.15, 0.2) is 18.6 Å². The first-order valence-electron chi connectivity index (χ1n) is 3.70. The summed E-state index contributed by atoms with van der Waals surface area (Å²) in [5.41, 5.74) is 0.306. The maximum Gasteiger partial charge on any atom is 0.274 e. The molecule has 0 bridgehead atoms. The van der Waals surface area contributed by atoms with Gasteiger partial charge in [-0.15, -0.1) is 6.42 Å². The summed E-state index contributed by atoms with van der Waals surface area (Å²) < 4.78 is 0. The Morgan fingerprint density at radius 1 is 1.69 bits per heavy atom. The fourth-order valence-corrected chi connectivity index (χ4v) is 0.814. The molecule has 1 rings (SSSR count). The van der Waals surface area contributed by atoms with Crippen LogP contribution in [0.1, 0.15) is 10.5 Å². The van der Waals surface area contributed by atoms with Crippen LogP contribution in [0.5, 0.6) is 0 Å². The Bertz CT molecular complexity index is 328. The van der Waals surface area contributed by atoms with Crippen molar-refractivity contribution in [2.45, 2.75) is 0 Å². The minimum atomic E-state index is -0.217. The van der Waals surface area contributed by atoms with E-state index < -0.39 is 0 Å². The van der Waals surface area contributed by atoms with Crippen LogP contribution in [0.25, 0.3) is 0 Å². The molecule has 0 atom stereocenters. The van der Waals surface area contributed by atoms with Gasteiger partial charge in [-0.25, -0.2) is 4.98 Å². The van der Waals surface area contributed by atoms with E-state index in [1.165, 1.54) is 23.5 Å². The van der Waals surface area contributed by atoms with E-state index in [0.29, 0.717) is 5.69 Å². The third-order valence-corrected chi connectivity index (χ3v) is 1.46. The first-order valence-corrected chi connectivity index (χ1v) is 3.70. The average Bonchev–Trinajstić information content (AvgIpc) is 2.18. The van der Waals surface area contributed by atoms with Gasteiger partial charge in [0.2, 0.25) is 0 Å². The molecule has 13 heavy (non-hydrogen) atoms. The van der Waals surface area contributed by atoms with Gasteiger partial charge < -0.3 is 4.90 Å². The van der Waals surface area contributed by atoms with Crippen molar-refractivity contribution in [2.75, 3.05) is 13.6 Å². The Labute approximate surface area is 76.6 Å². The lowest BCUT2D eigenvalue weighted by Gasteiger charge is -2.11. The number of rotatable bonds is 2.